The highest BCUT2D eigenvalue weighted by Crippen LogP contribution is 2.20. The lowest BCUT2D eigenvalue weighted by Gasteiger charge is -2.34. The molecule has 2 heterocycles. The van der Waals surface area contributed by atoms with Crippen LogP contribution in [-0.2, 0) is 17.9 Å². The van der Waals surface area contributed by atoms with Gasteiger partial charge >= 0.3 is 0 Å². The maximum Gasteiger partial charge on any atom is 0.220 e. The zero-order valence-corrected chi connectivity index (χ0v) is 20.2. The van der Waals surface area contributed by atoms with Crippen LogP contribution in [0.15, 0.2) is 29.3 Å². The molecular weight excluding hydrogens is 477 g/mol. The van der Waals surface area contributed by atoms with Gasteiger partial charge in [0.1, 0.15) is 0 Å². The monoisotopic (exact) mass is 513 g/mol. The van der Waals surface area contributed by atoms with Gasteiger partial charge in [-0.1, -0.05) is 24.3 Å². The summed E-state index contributed by atoms with van der Waals surface area (Å²) in [4.78, 5) is 20.9. The third-order valence-electron chi connectivity index (χ3n) is 5.96. The third kappa shape index (κ3) is 7.44. The van der Waals surface area contributed by atoms with Crippen LogP contribution < -0.4 is 10.6 Å². The van der Waals surface area contributed by atoms with Gasteiger partial charge in [-0.2, -0.15) is 0 Å². The van der Waals surface area contributed by atoms with Crippen LogP contribution >= 0.6 is 24.0 Å². The maximum atomic E-state index is 11.6. The lowest BCUT2D eigenvalue weighted by Crippen LogP contribution is -2.45. The number of amides is 1. The molecule has 1 aromatic rings. The zero-order chi connectivity index (χ0) is 19.8. The molecule has 0 aliphatic carbocycles. The number of likely N-dealkylation sites (tertiary alicyclic amines) is 2. The highest BCUT2D eigenvalue weighted by atomic mass is 127. The number of hydrogen-bond acceptors (Lipinski definition) is 3. The van der Waals surface area contributed by atoms with Gasteiger partial charge in [-0.3, -0.25) is 14.7 Å². The molecule has 0 spiro atoms. The van der Waals surface area contributed by atoms with E-state index in [0.717, 1.165) is 45.0 Å². The van der Waals surface area contributed by atoms with Crippen molar-refractivity contribution in [3.8, 4) is 0 Å². The normalized spacial score (nSPS) is 18.4. The molecule has 2 fully saturated rings. The standard InChI is InChI=1S/C22H35N5O.HI/c1-23-21(28)15-18-9-13-27(14-10-18)22(24-2)25-16-19-5-7-20(8-6-19)17-26-11-3-4-12-26;/h5-8,18H,3-4,9-17H2,1-2H3,(H,23,28)(H,24,25);1H. The van der Waals surface area contributed by atoms with Crippen LogP contribution in [0, 0.1) is 5.92 Å². The first-order chi connectivity index (χ1) is 13.7. The fraction of sp³-hybridized carbons (Fsp3) is 0.636. The molecule has 0 saturated carbocycles. The van der Waals surface area contributed by atoms with Crippen molar-refractivity contribution >= 4 is 35.8 Å². The Bertz CT molecular complexity index is 650. The molecule has 29 heavy (non-hydrogen) atoms. The Morgan fingerprint density at radius 1 is 1.07 bits per heavy atom. The van der Waals surface area contributed by atoms with Crippen LogP contribution in [0.3, 0.4) is 0 Å². The predicted octanol–water partition coefficient (Wildman–Crippen LogP) is 2.82. The molecule has 2 aliphatic heterocycles. The molecule has 1 amide bonds. The summed E-state index contributed by atoms with van der Waals surface area (Å²) in [5, 5.41) is 6.23. The summed E-state index contributed by atoms with van der Waals surface area (Å²) in [7, 11) is 3.56. The number of benzene rings is 1. The molecule has 0 bridgehead atoms. The average Bonchev–Trinajstić information content (AvgIpc) is 3.23. The van der Waals surface area contributed by atoms with Crippen molar-refractivity contribution in [1.82, 2.24) is 20.4 Å². The van der Waals surface area contributed by atoms with Crippen molar-refractivity contribution < 1.29 is 4.79 Å². The number of nitrogens with zero attached hydrogens (tertiary/aromatic N) is 3. The van der Waals surface area contributed by atoms with Crippen molar-refractivity contribution in [1.29, 1.82) is 0 Å². The molecule has 3 rings (SSSR count). The minimum atomic E-state index is 0. The molecule has 0 atom stereocenters. The Morgan fingerprint density at radius 2 is 1.69 bits per heavy atom. The molecule has 2 aliphatic rings. The topological polar surface area (TPSA) is 60.0 Å². The van der Waals surface area contributed by atoms with E-state index in [2.05, 4.69) is 49.7 Å². The largest absolute Gasteiger partial charge is 0.359 e. The van der Waals surface area contributed by atoms with Crippen molar-refractivity contribution in [3.63, 3.8) is 0 Å². The molecular formula is C22H36IN5O. The molecule has 0 unspecified atom stereocenters. The predicted molar refractivity (Wildman–Crippen MR) is 130 cm³/mol. The Hall–Kier alpha value is -1.35. The fourth-order valence-corrected chi connectivity index (χ4v) is 4.19. The van der Waals surface area contributed by atoms with Crippen LogP contribution in [0.5, 0.6) is 0 Å². The van der Waals surface area contributed by atoms with E-state index in [1.54, 1.807) is 7.05 Å². The van der Waals surface area contributed by atoms with Gasteiger partial charge < -0.3 is 15.5 Å². The van der Waals surface area contributed by atoms with Crippen LogP contribution in [0.1, 0.15) is 43.2 Å². The number of nitrogens with one attached hydrogen (secondary N) is 2. The van der Waals surface area contributed by atoms with Crippen LogP contribution in [-0.4, -0.2) is 61.9 Å². The first-order valence-corrected chi connectivity index (χ1v) is 10.6. The van der Waals surface area contributed by atoms with Gasteiger partial charge in [-0.25, -0.2) is 0 Å². The van der Waals surface area contributed by atoms with Gasteiger partial charge in [-0.15, -0.1) is 24.0 Å². The minimum absolute atomic E-state index is 0. The molecule has 6 nitrogen and oxygen atoms in total. The summed E-state index contributed by atoms with van der Waals surface area (Å²) in [6.07, 6.45) is 5.40. The zero-order valence-electron chi connectivity index (χ0n) is 17.8. The first-order valence-electron chi connectivity index (χ1n) is 10.6. The van der Waals surface area contributed by atoms with E-state index in [1.165, 1.54) is 37.1 Å². The van der Waals surface area contributed by atoms with Gasteiger partial charge in [0.15, 0.2) is 5.96 Å². The second-order valence-corrected chi connectivity index (χ2v) is 8.01. The number of hydrogen-bond donors (Lipinski definition) is 2. The van der Waals surface area contributed by atoms with Crippen LogP contribution in [0.2, 0.25) is 0 Å². The van der Waals surface area contributed by atoms with Gasteiger partial charge in [0.2, 0.25) is 5.91 Å². The highest BCUT2D eigenvalue weighted by Gasteiger charge is 2.23. The van der Waals surface area contributed by atoms with Crippen LogP contribution in [0.4, 0.5) is 0 Å². The number of aliphatic imine (C=N–C) groups is 1. The number of carbonyl (C=O) groups excluding carboxylic acids is 1. The number of piperidine rings is 1. The Balaban J connectivity index is 0.00000300. The van der Waals surface area contributed by atoms with Crippen molar-refractivity contribution in [2.45, 2.75) is 45.2 Å². The number of carbonyl (C=O) groups is 1. The summed E-state index contributed by atoms with van der Waals surface area (Å²) in [6.45, 7) is 6.24. The molecule has 7 heteroatoms. The first kappa shape index (κ1) is 23.9. The van der Waals surface area contributed by atoms with Crippen molar-refractivity contribution in [2.24, 2.45) is 10.9 Å². The quantitative estimate of drug-likeness (QED) is 0.349. The van der Waals surface area contributed by atoms with E-state index >= 15 is 0 Å². The maximum absolute atomic E-state index is 11.6. The van der Waals surface area contributed by atoms with Gasteiger partial charge in [0.05, 0.1) is 0 Å². The summed E-state index contributed by atoms with van der Waals surface area (Å²) in [5.74, 6) is 1.59. The number of guanidine groups is 1. The van der Waals surface area contributed by atoms with E-state index in [4.69, 9.17) is 0 Å². The smallest absolute Gasteiger partial charge is 0.220 e. The van der Waals surface area contributed by atoms with E-state index < -0.39 is 0 Å². The highest BCUT2D eigenvalue weighted by molar-refractivity contribution is 14.0. The molecule has 162 valence electrons. The van der Waals surface area contributed by atoms with Crippen LogP contribution in [0.25, 0.3) is 0 Å². The second kappa shape index (κ2) is 12.4. The second-order valence-electron chi connectivity index (χ2n) is 8.01. The summed E-state index contributed by atoms with van der Waals surface area (Å²) in [5.41, 5.74) is 2.68. The lowest BCUT2D eigenvalue weighted by atomic mass is 9.93. The number of halogens is 1. The van der Waals surface area contributed by atoms with E-state index in [-0.39, 0.29) is 29.9 Å². The van der Waals surface area contributed by atoms with Crippen molar-refractivity contribution in [3.05, 3.63) is 35.4 Å². The van der Waals surface area contributed by atoms with Gasteiger partial charge in [0.25, 0.3) is 0 Å². The molecule has 2 N–H and O–H groups in total. The lowest BCUT2D eigenvalue weighted by molar-refractivity contribution is -0.121. The fourth-order valence-electron chi connectivity index (χ4n) is 4.19. The molecule has 1 aromatic carbocycles. The molecule has 0 aromatic heterocycles. The molecule has 0 radical (unpaired) electrons. The number of rotatable bonds is 6. The summed E-state index contributed by atoms with van der Waals surface area (Å²) in [6, 6.07) is 8.95. The summed E-state index contributed by atoms with van der Waals surface area (Å²) >= 11 is 0. The van der Waals surface area contributed by atoms with Gasteiger partial charge in [-0.05, 0) is 55.8 Å². The minimum Gasteiger partial charge on any atom is -0.359 e. The SMILES string of the molecule is CN=C(NCc1ccc(CN2CCCC2)cc1)N1CCC(CC(=O)NC)CC1.I. The van der Waals surface area contributed by atoms with E-state index in [0.29, 0.717) is 12.3 Å². The average molecular weight is 513 g/mol. The van der Waals surface area contributed by atoms with E-state index in [1.807, 2.05) is 7.05 Å². The van der Waals surface area contributed by atoms with E-state index in [9.17, 15) is 4.79 Å². The molecule has 2 saturated heterocycles. The Labute approximate surface area is 192 Å². The Morgan fingerprint density at radius 3 is 2.28 bits per heavy atom. The van der Waals surface area contributed by atoms with Crippen molar-refractivity contribution in [2.75, 3.05) is 40.3 Å². The third-order valence-corrected chi connectivity index (χ3v) is 5.96. The summed E-state index contributed by atoms with van der Waals surface area (Å²) < 4.78 is 0. The van der Waals surface area contributed by atoms with Gasteiger partial charge in [0, 0.05) is 46.7 Å². The Kier molecular flexibility index (Phi) is 10.2.